The van der Waals surface area contributed by atoms with Gasteiger partial charge in [-0.25, -0.2) is 9.97 Å². The summed E-state index contributed by atoms with van der Waals surface area (Å²) in [6, 6.07) is 0. The Balaban J connectivity index is 2.16. The quantitative estimate of drug-likeness (QED) is 0.890. The molecule has 3 nitrogen and oxygen atoms in total. The Labute approximate surface area is 110 Å². The summed E-state index contributed by atoms with van der Waals surface area (Å²) < 4.78 is 0. The van der Waals surface area contributed by atoms with E-state index >= 15 is 0 Å². The van der Waals surface area contributed by atoms with E-state index in [1.165, 1.54) is 32.1 Å². The van der Waals surface area contributed by atoms with Gasteiger partial charge in [-0.05, 0) is 32.6 Å². The first-order valence-electron chi connectivity index (χ1n) is 7.13. The summed E-state index contributed by atoms with van der Waals surface area (Å²) >= 11 is 0. The second-order valence-corrected chi connectivity index (χ2v) is 5.58. The molecule has 3 atom stereocenters. The maximum Gasteiger partial charge on any atom is 0.131 e. The van der Waals surface area contributed by atoms with E-state index in [9.17, 15) is 5.11 Å². The lowest BCUT2D eigenvalue weighted by molar-refractivity contribution is 0.197. The second-order valence-electron chi connectivity index (χ2n) is 5.58. The van der Waals surface area contributed by atoms with Gasteiger partial charge < -0.3 is 5.11 Å². The maximum atomic E-state index is 9.61. The van der Waals surface area contributed by atoms with Crippen LogP contribution in [0, 0.1) is 12.8 Å². The van der Waals surface area contributed by atoms with E-state index < -0.39 is 6.10 Å². The van der Waals surface area contributed by atoms with Crippen LogP contribution in [-0.4, -0.2) is 15.1 Å². The number of aliphatic hydroxyl groups is 1. The number of aryl methyl sites for hydroxylation is 1. The van der Waals surface area contributed by atoms with Crippen molar-refractivity contribution in [2.45, 2.75) is 64.9 Å². The Morgan fingerprint density at radius 2 is 2.22 bits per heavy atom. The van der Waals surface area contributed by atoms with Crippen LogP contribution in [0.3, 0.4) is 0 Å². The van der Waals surface area contributed by atoms with Crippen molar-refractivity contribution < 1.29 is 5.11 Å². The van der Waals surface area contributed by atoms with Gasteiger partial charge in [-0.2, -0.15) is 0 Å². The van der Waals surface area contributed by atoms with Crippen molar-refractivity contribution in [2.24, 2.45) is 5.92 Å². The summed E-state index contributed by atoms with van der Waals surface area (Å²) in [5.74, 6) is 2.34. The molecule has 0 amide bonds. The van der Waals surface area contributed by atoms with Gasteiger partial charge in [-0.15, -0.1) is 0 Å². The zero-order valence-corrected chi connectivity index (χ0v) is 11.7. The Morgan fingerprint density at radius 1 is 1.44 bits per heavy atom. The van der Waals surface area contributed by atoms with Crippen LogP contribution in [0.1, 0.15) is 75.1 Å². The first kappa shape index (κ1) is 13.5. The van der Waals surface area contributed by atoms with Crippen LogP contribution in [-0.2, 0) is 0 Å². The summed E-state index contributed by atoms with van der Waals surface area (Å²) in [4.78, 5) is 9.10. The summed E-state index contributed by atoms with van der Waals surface area (Å²) in [6.07, 6.45) is 7.68. The van der Waals surface area contributed by atoms with E-state index in [0.29, 0.717) is 5.92 Å². The van der Waals surface area contributed by atoms with Crippen molar-refractivity contribution in [1.29, 1.82) is 0 Å². The fourth-order valence-electron chi connectivity index (χ4n) is 3.00. The van der Waals surface area contributed by atoms with Gasteiger partial charge in [0.05, 0.1) is 6.10 Å². The van der Waals surface area contributed by atoms with Crippen molar-refractivity contribution in [2.75, 3.05) is 0 Å². The Bertz CT molecular complexity index is 403. The molecular weight excluding hydrogens is 224 g/mol. The number of aliphatic hydroxyl groups excluding tert-OH is 1. The number of rotatable bonds is 3. The molecule has 0 aliphatic heterocycles. The highest BCUT2D eigenvalue weighted by Crippen LogP contribution is 2.36. The Kier molecular flexibility index (Phi) is 4.33. The first-order chi connectivity index (χ1) is 8.61. The summed E-state index contributed by atoms with van der Waals surface area (Å²) in [5, 5.41) is 9.61. The van der Waals surface area contributed by atoms with E-state index in [2.05, 4.69) is 16.9 Å². The molecule has 3 unspecified atom stereocenters. The van der Waals surface area contributed by atoms with Gasteiger partial charge in [0.1, 0.15) is 5.82 Å². The molecule has 100 valence electrons. The minimum Gasteiger partial charge on any atom is -0.389 e. The smallest absolute Gasteiger partial charge is 0.131 e. The summed E-state index contributed by atoms with van der Waals surface area (Å²) in [6.45, 7) is 6.00. The van der Waals surface area contributed by atoms with Gasteiger partial charge in [0.25, 0.3) is 0 Å². The van der Waals surface area contributed by atoms with Crippen molar-refractivity contribution in [3.63, 3.8) is 0 Å². The number of nitrogens with zero attached hydrogens (tertiary/aromatic N) is 2. The number of aromatic nitrogens is 2. The second kappa shape index (κ2) is 5.79. The highest BCUT2D eigenvalue weighted by atomic mass is 16.3. The third-order valence-electron chi connectivity index (χ3n) is 4.21. The predicted molar refractivity (Wildman–Crippen MR) is 72.4 cm³/mol. The first-order valence-corrected chi connectivity index (χ1v) is 7.13. The lowest BCUT2D eigenvalue weighted by atomic mass is 9.80. The normalized spacial score (nSPS) is 26.0. The summed E-state index contributed by atoms with van der Waals surface area (Å²) in [5.41, 5.74) is 1.77. The molecule has 0 bridgehead atoms. The van der Waals surface area contributed by atoms with E-state index in [1.807, 2.05) is 6.92 Å². The molecule has 1 fully saturated rings. The van der Waals surface area contributed by atoms with Gasteiger partial charge in [0.2, 0.25) is 0 Å². The standard InChI is InChI=1S/C15H24N2O/c1-4-12-6-5-7-13(8-12)15-16-9-14(11(3)18)10(2)17-15/h9,11-13,18H,4-8H2,1-3H3. The molecule has 0 aromatic carbocycles. The zero-order valence-electron chi connectivity index (χ0n) is 11.7. The summed E-state index contributed by atoms with van der Waals surface area (Å²) in [7, 11) is 0. The van der Waals surface area contributed by atoms with Gasteiger partial charge >= 0.3 is 0 Å². The van der Waals surface area contributed by atoms with Crippen LogP contribution in [0.4, 0.5) is 0 Å². The molecule has 0 saturated heterocycles. The highest BCUT2D eigenvalue weighted by molar-refractivity contribution is 5.19. The number of hydrogen-bond acceptors (Lipinski definition) is 3. The molecule has 1 saturated carbocycles. The minimum absolute atomic E-state index is 0.478. The molecule has 1 heterocycles. The van der Waals surface area contributed by atoms with Crippen molar-refractivity contribution in [3.05, 3.63) is 23.3 Å². The fourth-order valence-corrected chi connectivity index (χ4v) is 3.00. The molecule has 2 rings (SSSR count). The lowest BCUT2D eigenvalue weighted by Crippen LogP contribution is -2.16. The molecule has 1 N–H and O–H groups in total. The molecular formula is C15H24N2O. The van der Waals surface area contributed by atoms with Crippen LogP contribution >= 0.6 is 0 Å². The molecule has 0 radical (unpaired) electrons. The van der Waals surface area contributed by atoms with Gasteiger partial charge in [-0.3, -0.25) is 0 Å². The van der Waals surface area contributed by atoms with E-state index in [0.717, 1.165) is 23.0 Å². The van der Waals surface area contributed by atoms with E-state index in [-0.39, 0.29) is 0 Å². The van der Waals surface area contributed by atoms with E-state index in [4.69, 9.17) is 0 Å². The Hall–Kier alpha value is -0.960. The predicted octanol–water partition coefficient (Wildman–Crippen LogP) is 3.52. The lowest BCUT2D eigenvalue weighted by Gasteiger charge is -2.27. The molecule has 1 aromatic heterocycles. The van der Waals surface area contributed by atoms with Crippen LogP contribution < -0.4 is 0 Å². The third-order valence-corrected chi connectivity index (χ3v) is 4.21. The average molecular weight is 248 g/mol. The molecule has 1 aliphatic rings. The van der Waals surface area contributed by atoms with Gasteiger partial charge in [0.15, 0.2) is 0 Å². The van der Waals surface area contributed by atoms with Crippen LogP contribution in [0.15, 0.2) is 6.20 Å². The topological polar surface area (TPSA) is 46.0 Å². The molecule has 1 aliphatic carbocycles. The van der Waals surface area contributed by atoms with Crippen molar-refractivity contribution in [3.8, 4) is 0 Å². The highest BCUT2D eigenvalue weighted by Gasteiger charge is 2.24. The average Bonchev–Trinajstić information content (AvgIpc) is 2.38. The van der Waals surface area contributed by atoms with Crippen LogP contribution in [0.5, 0.6) is 0 Å². The molecule has 1 aromatic rings. The van der Waals surface area contributed by atoms with Crippen LogP contribution in [0.2, 0.25) is 0 Å². The molecule has 18 heavy (non-hydrogen) atoms. The van der Waals surface area contributed by atoms with Crippen molar-refractivity contribution in [1.82, 2.24) is 9.97 Å². The Morgan fingerprint density at radius 3 is 2.83 bits per heavy atom. The van der Waals surface area contributed by atoms with Gasteiger partial charge in [0, 0.05) is 23.4 Å². The maximum absolute atomic E-state index is 9.61. The van der Waals surface area contributed by atoms with Crippen LogP contribution in [0.25, 0.3) is 0 Å². The van der Waals surface area contributed by atoms with E-state index in [1.54, 1.807) is 13.1 Å². The van der Waals surface area contributed by atoms with Crippen molar-refractivity contribution >= 4 is 0 Å². The SMILES string of the molecule is CCC1CCCC(c2ncc(C(C)O)c(C)n2)C1. The largest absolute Gasteiger partial charge is 0.389 e. The minimum atomic E-state index is -0.478. The monoisotopic (exact) mass is 248 g/mol. The third kappa shape index (κ3) is 2.89. The number of hydrogen-bond donors (Lipinski definition) is 1. The molecule has 3 heteroatoms. The zero-order chi connectivity index (χ0) is 13.1. The fraction of sp³-hybridized carbons (Fsp3) is 0.733. The van der Waals surface area contributed by atoms with Gasteiger partial charge in [-0.1, -0.05) is 26.2 Å². The molecule has 0 spiro atoms.